The highest BCUT2D eigenvalue weighted by molar-refractivity contribution is 7.21. The van der Waals surface area contributed by atoms with E-state index in [0.717, 1.165) is 30.2 Å². The van der Waals surface area contributed by atoms with Gasteiger partial charge in [0.15, 0.2) is 0 Å². The lowest BCUT2D eigenvalue weighted by Gasteiger charge is -2.29. The molecule has 2 aliphatic rings. The van der Waals surface area contributed by atoms with Crippen LogP contribution in [0.25, 0.3) is 10.2 Å². The van der Waals surface area contributed by atoms with E-state index in [1.165, 1.54) is 11.3 Å². The predicted molar refractivity (Wildman–Crippen MR) is 139 cm³/mol. The summed E-state index contributed by atoms with van der Waals surface area (Å²) in [7, 11) is 0. The standard InChI is InChI=1S/C26H24N6O3S/c1-14-11-20(35-17-5-3-2-4-6-17)29-13-19(14)32-18-9-10-28-25-21(18)22(31-26(32)34)23(36-25)24(33)30-16-8-7-15(27)12-16/h2-6,9-11,13,15-16H,7-8,12,27H2,1H3,(H,30,33)(H,31,34)/t15-,16-/m1/s1. The van der Waals surface area contributed by atoms with Crippen molar-refractivity contribution in [1.29, 1.82) is 0 Å². The predicted octanol–water partition coefficient (Wildman–Crippen LogP) is 5.09. The number of benzene rings is 1. The molecule has 6 rings (SSSR count). The number of hydrogen-bond acceptors (Lipinski definition) is 7. The van der Waals surface area contributed by atoms with Crippen LogP contribution in [0.5, 0.6) is 11.6 Å². The molecule has 4 aromatic rings. The SMILES string of the molecule is Cc1cc(Oc2ccccc2)ncc1N1C(=O)Nc2c(C(=O)N[C@@H]3CC[C@@H](N)C3)sc3nccc1c23. The molecule has 10 heteroatoms. The number of aromatic nitrogens is 2. The van der Waals surface area contributed by atoms with Crippen molar-refractivity contribution < 1.29 is 14.3 Å². The molecule has 9 nitrogen and oxygen atoms in total. The van der Waals surface area contributed by atoms with E-state index >= 15 is 0 Å². The Morgan fingerprint density at radius 1 is 1.19 bits per heavy atom. The number of carbonyl (C=O) groups excluding carboxylic acids is 2. The van der Waals surface area contributed by atoms with Crippen molar-refractivity contribution in [3.63, 3.8) is 0 Å². The van der Waals surface area contributed by atoms with E-state index in [9.17, 15) is 9.59 Å². The van der Waals surface area contributed by atoms with E-state index in [4.69, 9.17) is 10.5 Å². The fourth-order valence-electron chi connectivity index (χ4n) is 4.80. The summed E-state index contributed by atoms with van der Waals surface area (Å²) in [6, 6.07) is 12.7. The fourth-order valence-corrected chi connectivity index (χ4v) is 5.83. The number of carbonyl (C=O) groups is 2. The minimum atomic E-state index is -0.369. The largest absolute Gasteiger partial charge is 0.439 e. The van der Waals surface area contributed by atoms with Gasteiger partial charge >= 0.3 is 6.03 Å². The third kappa shape index (κ3) is 3.94. The average molecular weight is 501 g/mol. The molecule has 4 heterocycles. The number of amides is 3. The molecule has 0 radical (unpaired) electrons. The van der Waals surface area contributed by atoms with E-state index in [0.29, 0.717) is 38.4 Å². The van der Waals surface area contributed by atoms with Gasteiger partial charge in [0, 0.05) is 24.3 Å². The number of urea groups is 1. The second kappa shape index (κ2) is 8.89. The first-order chi connectivity index (χ1) is 17.5. The molecular formula is C26H24N6O3S. The molecule has 0 unspecified atom stereocenters. The highest BCUT2D eigenvalue weighted by Gasteiger charge is 2.34. The van der Waals surface area contributed by atoms with Crippen LogP contribution in [-0.2, 0) is 0 Å². The van der Waals surface area contributed by atoms with Crippen molar-refractivity contribution in [1.82, 2.24) is 15.3 Å². The number of anilines is 3. The lowest BCUT2D eigenvalue weighted by molar-refractivity contribution is 0.0942. The maximum atomic E-state index is 13.4. The summed E-state index contributed by atoms with van der Waals surface area (Å²) < 4.78 is 5.84. The second-order valence-electron chi connectivity index (χ2n) is 9.05. The second-order valence-corrected chi connectivity index (χ2v) is 10.0. The molecule has 1 fully saturated rings. The maximum absolute atomic E-state index is 13.4. The quantitative estimate of drug-likeness (QED) is 0.351. The van der Waals surface area contributed by atoms with Crippen molar-refractivity contribution in [2.75, 3.05) is 10.2 Å². The van der Waals surface area contributed by atoms with E-state index < -0.39 is 0 Å². The summed E-state index contributed by atoms with van der Waals surface area (Å²) in [4.78, 5) is 38.1. The van der Waals surface area contributed by atoms with Crippen LogP contribution >= 0.6 is 11.3 Å². The van der Waals surface area contributed by atoms with Gasteiger partial charge in [0.2, 0.25) is 5.88 Å². The van der Waals surface area contributed by atoms with Gasteiger partial charge in [-0.2, -0.15) is 0 Å². The monoisotopic (exact) mass is 500 g/mol. The zero-order valence-corrected chi connectivity index (χ0v) is 20.3. The first kappa shape index (κ1) is 22.4. The highest BCUT2D eigenvalue weighted by atomic mass is 32.1. The normalized spacial score (nSPS) is 18.8. The number of aryl methyl sites for hydroxylation is 1. The molecule has 36 heavy (non-hydrogen) atoms. The van der Waals surface area contributed by atoms with Crippen LogP contribution in [0, 0.1) is 6.92 Å². The third-order valence-corrected chi connectivity index (χ3v) is 7.62. The smallest absolute Gasteiger partial charge is 0.331 e. The van der Waals surface area contributed by atoms with Crippen LogP contribution in [0.15, 0.2) is 54.9 Å². The first-order valence-corrected chi connectivity index (χ1v) is 12.6. The number of nitrogens with one attached hydrogen (secondary N) is 2. The lowest BCUT2D eigenvalue weighted by Crippen LogP contribution is -2.36. The Morgan fingerprint density at radius 2 is 2.03 bits per heavy atom. The molecule has 182 valence electrons. The number of ether oxygens (including phenoxy) is 1. The van der Waals surface area contributed by atoms with Crippen LogP contribution in [0.2, 0.25) is 0 Å². The van der Waals surface area contributed by atoms with E-state index in [1.54, 1.807) is 29.4 Å². The van der Waals surface area contributed by atoms with Crippen molar-refractivity contribution >= 4 is 50.6 Å². The molecule has 1 saturated carbocycles. The minimum absolute atomic E-state index is 0.0403. The van der Waals surface area contributed by atoms with Crippen LogP contribution in [-0.4, -0.2) is 34.0 Å². The van der Waals surface area contributed by atoms with Gasteiger partial charge in [0.05, 0.1) is 28.6 Å². The summed E-state index contributed by atoms with van der Waals surface area (Å²) in [5.41, 5.74) is 8.57. The van der Waals surface area contributed by atoms with Crippen molar-refractivity contribution in [3.05, 3.63) is 65.3 Å². The van der Waals surface area contributed by atoms with Crippen LogP contribution < -0.4 is 26.0 Å². The van der Waals surface area contributed by atoms with Gasteiger partial charge in [0.1, 0.15) is 15.5 Å². The Balaban J connectivity index is 1.34. The summed E-state index contributed by atoms with van der Waals surface area (Å²) in [5, 5.41) is 6.74. The topological polar surface area (TPSA) is 122 Å². The Labute approximate surface area is 211 Å². The van der Waals surface area contributed by atoms with Crippen molar-refractivity contribution in [3.8, 4) is 11.6 Å². The van der Waals surface area contributed by atoms with E-state index in [1.807, 2.05) is 37.3 Å². The zero-order chi connectivity index (χ0) is 24.8. The molecule has 1 aromatic carbocycles. The minimum Gasteiger partial charge on any atom is -0.439 e. The third-order valence-electron chi connectivity index (χ3n) is 6.53. The molecule has 3 amide bonds. The Kier molecular flexibility index (Phi) is 5.54. The Hall–Kier alpha value is -4.02. The molecule has 0 saturated heterocycles. The maximum Gasteiger partial charge on any atom is 0.331 e. The highest BCUT2D eigenvalue weighted by Crippen LogP contribution is 2.46. The summed E-state index contributed by atoms with van der Waals surface area (Å²) >= 11 is 1.27. The molecule has 4 N–H and O–H groups in total. The summed E-state index contributed by atoms with van der Waals surface area (Å²) in [5.74, 6) is 0.894. The number of para-hydroxylation sites is 1. The molecule has 3 aromatic heterocycles. The van der Waals surface area contributed by atoms with Crippen LogP contribution in [0.1, 0.15) is 34.5 Å². The number of pyridine rings is 2. The molecule has 0 bridgehead atoms. The van der Waals surface area contributed by atoms with Gasteiger partial charge < -0.3 is 21.1 Å². The zero-order valence-electron chi connectivity index (χ0n) is 19.5. The Morgan fingerprint density at radius 3 is 2.78 bits per heavy atom. The van der Waals surface area contributed by atoms with Crippen molar-refractivity contribution in [2.45, 2.75) is 38.3 Å². The van der Waals surface area contributed by atoms with Gasteiger partial charge in [-0.25, -0.2) is 14.8 Å². The van der Waals surface area contributed by atoms with Gasteiger partial charge in [-0.05, 0) is 49.9 Å². The van der Waals surface area contributed by atoms with Crippen LogP contribution in [0.3, 0.4) is 0 Å². The Bertz CT molecular complexity index is 1490. The molecule has 2 atom stereocenters. The van der Waals surface area contributed by atoms with Gasteiger partial charge in [0.25, 0.3) is 5.91 Å². The first-order valence-electron chi connectivity index (χ1n) is 11.8. The molecular weight excluding hydrogens is 476 g/mol. The van der Waals surface area contributed by atoms with Gasteiger partial charge in [-0.1, -0.05) is 18.2 Å². The summed E-state index contributed by atoms with van der Waals surface area (Å²) in [6.07, 6.45) is 5.77. The number of nitrogens with two attached hydrogens (primary N) is 1. The fraction of sp³-hybridized carbons (Fsp3) is 0.231. The van der Waals surface area contributed by atoms with Gasteiger partial charge in [-0.3, -0.25) is 9.69 Å². The number of nitrogens with zero attached hydrogens (tertiary/aromatic N) is 3. The molecule has 1 aliphatic heterocycles. The molecule has 0 spiro atoms. The van der Waals surface area contributed by atoms with E-state index in [2.05, 4.69) is 20.6 Å². The van der Waals surface area contributed by atoms with Crippen molar-refractivity contribution in [2.24, 2.45) is 5.73 Å². The molecule has 1 aliphatic carbocycles. The van der Waals surface area contributed by atoms with Gasteiger partial charge in [-0.15, -0.1) is 11.3 Å². The number of hydrogen-bond donors (Lipinski definition) is 3. The van der Waals surface area contributed by atoms with Crippen LogP contribution in [0.4, 0.5) is 21.9 Å². The lowest BCUT2D eigenvalue weighted by atomic mass is 10.1. The van der Waals surface area contributed by atoms with E-state index in [-0.39, 0.29) is 24.0 Å². The number of rotatable bonds is 5. The average Bonchev–Trinajstić information content (AvgIpc) is 3.44. The number of thiophene rings is 1. The summed E-state index contributed by atoms with van der Waals surface area (Å²) in [6.45, 7) is 1.90.